The molecule has 1 aliphatic heterocycles. The molecule has 1 fully saturated rings. The number of piperazine rings is 1. The lowest BCUT2D eigenvalue weighted by Crippen LogP contribution is -2.51. The highest BCUT2D eigenvalue weighted by Crippen LogP contribution is 2.19. The SMILES string of the molecule is CCC(C)CNCC(=O)N1CCN(c2ccc(-c3ccccc3)nn2)CC1. The minimum Gasteiger partial charge on any atom is -0.352 e. The molecule has 0 bridgehead atoms. The van der Waals surface area contributed by atoms with Gasteiger partial charge in [0.1, 0.15) is 0 Å². The highest BCUT2D eigenvalue weighted by atomic mass is 16.2. The second-order valence-electron chi connectivity index (χ2n) is 7.15. The van der Waals surface area contributed by atoms with Crippen molar-refractivity contribution in [3.63, 3.8) is 0 Å². The van der Waals surface area contributed by atoms with E-state index in [0.29, 0.717) is 12.5 Å². The Morgan fingerprint density at radius 1 is 1.07 bits per heavy atom. The first kappa shape index (κ1) is 19.3. The number of hydrogen-bond acceptors (Lipinski definition) is 5. The summed E-state index contributed by atoms with van der Waals surface area (Å²) in [5, 5.41) is 12.0. The van der Waals surface area contributed by atoms with Gasteiger partial charge in [0.2, 0.25) is 5.91 Å². The van der Waals surface area contributed by atoms with Crippen molar-refractivity contribution in [3.05, 3.63) is 42.5 Å². The first-order chi connectivity index (χ1) is 13.2. The van der Waals surface area contributed by atoms with E-state index in [1.165, 1.54) is 0 Å². The number of hydrogen-bond donors (Lipinski definition) is 1. The third kappa shape index (κ3) is 5.26. The molecule has 6 heteroatoms. The number of anilines is 1. The van der Waals surface area contributed by atoms with Gasteiger partial charge in [0.25, 0.3) is 0 Å². The van der Waals surface area contributed by atoms with Gasteiger partial charge in [-0.2, -0.15) is 0 Å². The zero-order valence-corrected chi connectivity index (χ0v) is 16.3. The molecule has 0 spiro atoms. The molecule has 0 radical (unpaired) electrons. The fourth-order valence-corrected chi connectivity index (χ4v) is 3.12. The Balaban J connectivity index is 1.48. The number of carbonyl (C=O) groups excluding carboxylic acids is 1. The van der Waals surface area contributed by atoms with Gasteiger partial charge in [-0.3, -0.25) is 4.79 Å². The van der Waals surface area contributed by atoms with Gasteiger partial charge in [-0.15, -0.1) is 10.2 Å². The molecule has 2 heterocycles. The standard InChI is InChI=1S/C21H29N5O/c1-3-17(2)15-22-16-21(27)26-13-11-25(12-14-26)20-10-9-19(23-24-20)18-7-5-4-6-8-18/h4-10,17,22H,3,11-16H2,1-2H3. The average molecular weight is 367 g/mol. The summed E-state index contributed by atoms with van der Waals surface area (Å²) < 4.78 is 0. The Hall–Kier alpha value is -2.47. The van der Waals surface area contributed by atoms with Crippen LogP contribution in [0.3, 0.4) is 0 Å². The smallest absolute Gasteiger partial charge is 0.236 e. The summed E-state index contributed by atoms with van der Waals surface area (Å²) in [7, 11) is 0. The van der Waals surface area contributed by atoms with E-state index < -0.39 is 0 Å². The van der Waals surface area contributed by atoms with Crippen molar-refractivity contribution in [2.75, 3.05) is 44.2 Å². The topological polar surface area (TPSA) is 61.4 Å². The van der Waals surface area contributed by atoms with E-state index in [1.807, 2.05) is 47.4 Å². The van der Waals surface area contributed by atoms with E-state index in [4.69, 9.17) is 0 Å². The lowest BCUT2D eigenvalue weighted by Gasteiger charge is -2.35. The molecule has 2 aromatic rings. The van der Waals surface area contributed by atoms with Crippen LogP contribution < -0.4 is 10.2 Å². The molecule has 1 saturated heterocycles. The van der Waals surface area contributed by atoms with Crippen molar-refractivity contribution in [2.24, 2.45) is 5.92 Å². The van der Waals surface area contributed by atoms with Crippen LogP contribution in [-0.2, 0) is 4.79 Å². The van der Waals surface area contributed by atoms with E-state index in [2.05, 4.69) is 34.3 Å². The quantitative estimate of drug-likeness (QED) is 0.814. The van der Waals surface area contributed by atoms with E-state index >= 15 is 0 Å². The molecular formula is C21H29N5O. The molecule has 144 valence electrons. The molecule has 1 aromatic carbocycles. The maximum atomic E-state index is 12.3. The average Bonchev–Trinajstić information content (AvgIpc) is 2.74. The zero-order valence-electron chi connectivity index (χ0n) is 16.3. The summed E-state index contributed by atoms with van der Waals surface area (Å²) in [4.78, 5) is 16.5. The molecular weight excluding hydrogens is 338 g/mol. The molecule has 1 atom stereocenters. The number of nitrogens with one attached hydrogen (secondary N) is 1. The third-order valence-electron chi connectivity index (χ3n) is 5.14. The van der Waals surface area contributed by atoms with Crippen LogP contribution in [0.4, 0.5) is 5.82 Å². The molecule has 6 nitrogen and oxygen atoms in total. The second-order valence-corrected chi connectivity index (χ2v) is 7.15. The van der Waals surface area contributed by atoms with Crippen LogP contribution in [-0.4, -0.2) is 60.3 Å². The molecule has 1 N–H and O–H groups in total. The van der Waals surface area contributed by atoms with Crippen molar-refractivity contribution < 1.29 is 4.79 Å². The second kappa shape index (κ2) is 9.46. The van der Waals surface area contributed by atoms with Crippen LogP contribution in [0, 0.1) is 5.92 Å². The Bertz CT molecular complexity index is 711. The van der Waals surface area contributed by atoms with Crippen molar-refractivity contribution in [3.8, 4) is 11.3 Å². The van der Waals surface area contributed by atoms with Crippen LogP contribution >= 0.6 is 0 Å². The summed E-state index contributed by atoms with van der Waals surface area (Å²) in [6, 6.07) is 14.1. The Morgan fingerprint density at radius 2 is 1.81 bits per heavy atom. The highest BCUT2D eigenvalue weighted by molar-refractivity contribution is 5.78. The highest BCUT2D eigenvalue weighted by Gasteiger charge is 2.22. The summed E-state index contributed by atoms with van der Waals surface area (Å²) in [5.41, 5.74) is 1.94. The number of carbonyl (C=O) groups is 1. The van der Waals surface area contributed by atoms with Crippen LogP contribution in [0.15, 0.2) is 42.5 Å². The summed E-state index contributed by atoms with van der Waals surface area (Å²) in [6.45, 7) is 8.72. The van der Waals surface area contributed by atoms with Crippen molar-refractivity contribution in [2.45, 2.75) is 20.3 Å². The first-order valence-corrected chi connectivity index (χ1v) is 9.80. The Labute approximate surface area is 161 Å². The molecule has 1 unspecified atom stereocenters. The van der Waals surface area contributed by atoms with Gasteiger partial charge >= 0.3 is 0 Å². The van der Waals surface area contributed by atoms with E-state index in [-0.39, 0.29) is 5.91 Å². The fraction of sp³-hybridized carbons (Fsp3) is 0.476. The number of aromatic nitrogens is 2. The number of nitrogens with zero attached hydrogens (tertiary/aromatic N) is 4. The number of amides is 1. The minimum atomic E-state index is 0.184. The predicted molar refractivity (Wildman–Crippen MR) is 109 cm³/mol. The van der Waals surface area contributed by atoms with Crippen molar-refractivity contribution in [1.82, 2.24) is 20.4 Å². The molecule has 1 aromatic heterocycles. The molecule has 1 aliphatic rings. The summed E-state index contributed by atoms with van der Waals surface area (Å²) in [5.74, 6) is 1.66. The van der Waals surface area contributed by atoms with Gasteiger partial charge in [-0.25, -0.2) is 0 Å². The Kier molecular flexibility index (Phi) is 6.76. The van der Waals surface area contributed by atoms with E-state index in [9.17, 15) is 4.79 Å². The summed E-state index contributed by atoms with van der Waals surface area (Å²) in [6.07, 6.45) is 1.13. The van der Waals surface area contributed by atoms with Crippen molar-refractivity contribution in [1.29, 1.82) is 0 Å². The third-order valence-corrected chi connectivity index (χ3v) is 5.14. The van der Waals surface area contributed by atoms with Gasteiger partial charge < -0.3 is 15.1 Å². The monoisotopic (exact) mass is 367 g/mol. The minimum absolute atomic E-state index is 0.184. The van der Waals surface area contributed by atoms with Gasteiger partial charge in [0.05, 0.1) is 12.2 Å². The zero-order chi connectivity index (χ0) is 19.1. The predicted octanol–water partition coefficient (Wildman–Crippen LogP) is 2.43. The van der Waals surface area contributed by atoms with Crippen LogP contribution in [0.25, 0.3) is 11.3 Å². The fourth-order valence-electron chi connectivity index (χ4n) is 3.12. The van der Waals surface area contributed by atoms with Gasteiger partial charge in [0.15, 0.2) is 5.82 Å². The Morgan fingerprint density at radius 3 is 2.44 bits per heavy atom. The molecule has 0 saturated carbocycles. The molecule has 3 rings (SSSR count). The van der Waals surface area contributed by atoms with Crippen LogP contribution in [0.5, 0.6) is 0 Å². The lowest BCUT2D eigenvalue weighted by molar-refractivity contribution is -0.130. The van der Waals surface area contributed by atoms with Gasteiger partial charge in [-0.05, 0) is 24.6 Å². The van der Waals surface area contributed by atoms with Crippen LogP contribution in [0.2, 0.25) is 0 Å². The maximum Gasteiger partial charge on any atom is 0.236 e. The number of benzene rings is 1. The number of rotatable bonds is 7. The largest absolute Gasteiger partial charge is 0.352 e. The van der Waals surface area contributed by atoms with E-state index in [1.54, 1.807) is 0 Å². The lowest BCUT2D eigenvalue weighted by atomic mass is 10.1. The molecule has 27 heavy (non-hydrogen) atoms. The maximum absolute atomic E-state index is 12.3. The van der Waals surface area contributed by atoms with Crippen molar-refractivity contribution >= 4 is 11.7 Å². The molecule has 1 amide bonds. The summed E-state index contributed by atoms with van der Waals surface area (Å²) >= 11 is 0. The first-order valence-electron chi connectivity index (χ1n) is 9.80. The molecule has 0 aliphatic carbocycles. The van der Waals surface area contributed by atoms with Crippen LogP contribution in [0.1, 0.15) is 20.3 Å². The normalized spacial score (nSPS) is 15.6. The van der Waals surface area contributed by atoms with Gasteiger partial charge in [-0.1, -0.05) is 50.6 Å². The van der Waals surface area contributed by atoms with Gasteiger partial charge in [0, 0.05) is 31.7 Å². The van der Waals surface area contributed by atoms with E-state index in [0.717, 1.165) is 56.2 Å².